The second kappa shape index (κ2) is 10.4. The molecule has 1 aliphatic heterocycles. The molecular formula is C24H32N2O4. The van der Waals surface area contributed by atoms with Crippen molar-refractivity contribution < 1.29 is 18.7 Å². The van der Waals surface area contributed by atoms with Crippen molar-refractivity contribution in [3.63, 3.8) is 0 Å². The molecule has 1 aromatic carbocycles. The fourth-order valence-corrected chi connectivity index (χ4v) is 3.76. The topological polar surface area (TPSA) is 63.0 Å². The van der Waals surface area contributed by atoms with Crippen molar-refractivity contribution >= 4 is 11.8 Å². The molecule has 1 atom stereocenters. The minimum absolute atomic E-state index is 0.0370. The van der Waals surface area contributed by atoms with Gasteiger partial charge in [0, 0.05) is 25.3 Å². The molecule has 6 nitrogen and oxygen atoms in total. The minimum Gasteiger partial charge on any atom is -0.467 e. The molecule has 3 rings (SSSR count). The molecule has 0 radical (unpaired) electrons. The van der Waals surface area contributed by atoms with Crippen molar-refractivity contribution in [2.75, 3.05) is 26.2 Å². The molecule has 1 saturated heterocycles. The summed E-state index contributed by atoms with van der Waals surface area (Å²) in [6, 6.07) is 11.2. The van der Waals surface area contributed by atoms with Crippen LogP contribution in [0, 0.1) is 12.8 Å². The first-order valence-electron chi connectivity index (χ1n) is 10.7. The number of amides is 2. The molecule has 6 heteroatoms. The summed E-state index contributed by atoms with van der Waals surface area (Å²) in [7, 11) is 0. The molecule has 0 spiro atoms. The van der Waals surface area contributed by atoms with Crippen LogP contribution in [-0.2, 0) is 16.1 Å². The molecular weight excluding hydrogens is 380 g/mol. The lowest BCUT2D eigenvalue weighted by Gasteiger charge is -2.29. The second-order valence-corrected chi connectivity index (χ2v) is 8.44. The van der Waals surface area contributed by atoms with Gasteiger partial charge < -0.3 is 19.0 Å². The summed E-state index contributed by atoms with van der Waals surface area (Å²) < 4.78 is 11.2. The largest absolute Gasteiger partial charge is 0.467 e. The van der Waals surface area contributed by atoms with Gasteiger partial charge in [-0.1, -0.05) is 31.5 Å². The summed E-state index contributed by atoms with van der Waals surface area (Å²) in [4.78, 5) is 29.9. The van der Waals surface area contributed by atoms with Crippen molar-refractivity contribution in [2.45, 2.75) is 46.3 Å². The maximum absolute atomic E-state index is 13.3. The summed E-state index contributed by atoms with van der Waals surface area (Å²) in [5, 5.41) is 0. The van der Waals surface area contributed by atoms with E-state index in [2.05, 4.69) is 0 Å². The van der Waals surface area contributed by atoms with Crippen LogP contribution in [0.5, 0.6) is 0 Å². The number of hydrogen-bond donors (Lipinski definition) is 0. The van der Waals surface area contributed by atoms with Crippen molar-refractivity contribution in [1.29, 1.82) is 0 Å². The zero-order chi connectivity index (χ0) is 21.5. The smallest absolute Gasteiger partial charge is 0.254 e. The van der Waals surface area contributed by atoms with Crippen LogP contribution in [0.15, 0.2) is 47.1 Å². The fraction of sp³-hybridized carbons (Fsp3) is 0.500. The highest BCUT2D eigenvalue weighted by molar-refractivity contribution is 5.96. The molecule has 2 aromatic rings. The summed E-state index contributed by atoms with van der Waals surface area (Å²) in [6.45, 7) is 8.24. The summed E-state index contributed by atoms with van der Waals surface area (Å²) in [5.74, 6) is 0.768. The van der Waals surface area contributed by atoms with Gasteiger partial charge in [0.05, 0.1) is 18.9 Å². The van der Waals surface area contributed by atoms with Crippen LogP contribution in [-0.4, -0.2) is 54.0 Å². The Labute approximate surface area is 178 Å². The third-order valence-electron chi connectivity index (χ3n) is 5.19. The van der Waals surface area contributed by atoms with E-state index in [1.165, 1.54) is 0 Å². The third kappa shape index (κ3) is 6.20. The number of carbonyl (C=O) groups is 2. The van der Waals surface area contributed by atoms with Crippen molar-refractivity contribution in [3.05, 3.63) is 59.5 Å². The Balaban J connectivity index is 1.75. The maximum atomic E-state index is 13.3. The lowest BCUT2D eigenvalue weighted by Crippen LogP contribution is -2.46. The number of benzene rings is 1. The number of rotatable bonds is 9. The van der Waals surface area contributed by atoms with E-state index >= 15 is 0 Å². The van der Waals surface area contributed by atoms with Gasteiger partial charge in [0.25, 0.3) is 5.91 Å². The van der Waals surface area contributed by atoms with Gasteiger partial charge in [-0.05, 0) is 49.9 Å². The first-order chi connectivity index (χ1) is 14.4. The molecule has 1 fully saturated rings. The summed E-state index contributed by atoms with van der Waals surface area (Å²) >= 11 is 0. The Bertz CT molecular complexity index is 825. The molecule has 0 saturated carbocycles. The van der Waals surface area contributed by atoms with Crippen LogP contribution in [0.25, 0.3) is 0 Å². The van der Waals surface area contributed by atoms with Gasteiger partial charge in [0.2, 0.25) is 5.91 Å². The van der Waals surface area contributed by atoms with E-state index in [-0.39, 0.29) is 30.4 Å². The van der Waals surface area contributed by atoms with Gasteiger partial charge in [0.1, 0.15) is 12.3 Å². The Hall–Kier alpha value is -2.60. The number of nitrogens with zero attached hydrogens (tertiary/aromatic N) is 2. The Morgan fingerprint density at radius 1 is 1.17 bits per heavy atom. The van der Waals surface area contributed by atoms with Gasteiger partial charge in [-0.15, -0.1) is 0 Å². The van der Waals surface area contributed by atoms with Crippen LogP contribution in [0.3, 0.4) is 0 Å². The number of aryl methyl sites for hydroxylation is 1. The van der Waals surface area contributed by atoms with Gasteiger partial charge in [0.15, 0.2) is 0 Å². The maximum Gasteiger partial charge on any atom is 0.254 e. The number of ether oxygens (including phenoxy) is 1. The van der Waals surface area contributed by atoms with Gasteiger partial charge in [-0.3, -0.25) is 9.59 Å². The molecule has 1 unspecified atom stereocenters. The predicted molar refractivity (Wildman–Crippen MR) is 115 cm³/mol. The molecule has 1 aliphatic rings. The van der Waals surface area contributed by atoms with Crippen molar-refractivity contribution in [1.82, 2.24) is 9.80 Å². The number of carbonyl (C=O) groups excluding carboxylic acids is 2. The highest BCUT2D eigenvalue weighted by atomic mass is 16.5. The van der Waals surface area contributed by atoms with E-state index in [9.17, 15) is 9.59 Å². The van der Waals surface area contributed by atoms with E-state index in [0.29, 0.717) is 25.2 Å². The number of hydrogen-bond acceptors (Lipinski definition) is 4. The average Bonchev–Trinajstić information content (AvgIpc) is 3.40. The minimum atomic E-state index is -0.115. The SMILES string of the molecule is Cc1cccc(C(=O)N(CC(=O)N(Cc2ccco2)CC2CCCO2)CC(C)C)c1. The predicted octanol–water partition coefficient (Wildman–Crippen LogP) is 3.89. The third-order valence-corrected chi connectivity index (χ3v) is 5.19. The van der Waals surface area contributed by atoms with Crippen LogP contribution < -0.4 is 0 Å². The monoisotopic (exact) mass is 412 g/mol. The van der Waals surface area contributed by atoms with Crippen LogP contribution in [0.1, 0.15) is 48.4 Å². The Morgan fingerprint density at radius 2 is 2.00 bits per heavy atom. The molecule has 2 heterocycles. The van der Waals surface area contributed by atoms with Crippen molar-refractivity contribution in [3.8, 4) is 0 Å². The van der Waals surface area contributed by atoms with Crippen LogP contribution in [0.2, 0.25) is 0 Å². The molecule has 0 aliphatic carbocycles. The fourth-order valence-electron chi connectivity index (χ4n) is 3.76. The second-order valence-electron chi connectivity index (χ2n) is 8.44. The van der Waals surface area contributed by atoms with E-state index in [4.69, 9.17) is 9.15 Å². The molecule has 162 valence electrons. The molecule has 30 heavy (non-hydrogen) atoms. The summed E-state index contributed by atoms with van der Waals surface area (Å²) in [5.41, 5.74) is 1.63. The standard InChI is InChI=1S/C24H32N2O4/c1-18(2)14-26(24(28)20-8-4-7-19(3)13-20)17-23(27)25(15-21-9-5-11-29-21)16-22-10-6-12-30-22/h4-5,7-9,11,13,18,22H,6,10,12,14-17H2,1-3H3. The average molecular weight is 413 g/mol. The molecule has 1 aromatic heterocycles. The first-order valence-corrected chi connectivity index (χ1v) is 10.7. The van der Waals surface area contributed by atoms with Gasteiger partial charge in [-0.2, -0.15) is 0 Å². The highest BCUT2D eigenvalue weighted by Crippen LogP contribution is 2.17. The van der Waals surface area contributed by atoms with Gasteiger partial charge in [-0.25, -0.2) is 0 Å². The normalized spacial score (nSPS) is 16.1. The van der Waals surface area contributed by atoms with E-state index in [0.717, 1.165) is 30.8 Å². The van der Waals surface area contributed by atoms with Gasteiger partial charge >= 0.3 is 0 Å². The number of furan rings is 1. The van der Waals surface area contributed by atoms with Crippen LogP contribution >= 0.6 is 0 Å². The van der Waals surface area contributed by atoms with E-state index < -0.39 is 0 Å². The Morgan fingerprint density at radius 3 is 2.63 bits per heavy atom. The van der Waals surface area contributed by atoms with E-state index in [1.807, 2.05) is 51.1 Å². The first kappa shape index (κ1) is 22.1. The quantitative estimate of drug-likeness (QED) is 0.627. The lowest BCUT2D eigenvalue weighted by atomic mass is 10.1. The van der Waals surface area contributed by atoms with Crippen molar-refractivity contribution in [2.24, 2.45) is 5.92 Å². The zero-order valence-electron chi connectivity index (χ0n) is 18.2. The van der Waals surface area contributed by atoms with Crippen LogP contribution in [0.4, 0.5) is 0 Å². The Kier molecular flexibility index (Phi) is 7.69. The highest BCUT2D eigenvalue weighted by Gasteiger charge is 2.27. The zero-order valence-corrected chi connectivity index (χ0v) is 18.2. The van der Waals surface area contributed by atoms with E-state index in [1.54, 1.807) is 22.1 Å². The molecule has 0 N–H and O–H groups in total. The molecule has 2 amide bonds. The lowest BCUT2D eigenvalue weighted by molar-refractivity contribution is -0.134. The summed E-state index contributed by atoms with van der Waals surface area (Å²) in [6.07, 6.45) is 3.60. The molecule has 0 bridgehead atoms.